The lowest BCUT2D eigenvalue weighted by molar-refractivity contribution is -0.384. The second-order valence-corrected chi connectivity index (χ2v) is 7.62. The summed E-state index contributed by atoms with van der Waals surface area (Å²) in [4.78, 5) is 22.8. The number of non-ortho nitro benzene ring substituents is 1. The van der Waals surface area contributed by atoms with Gasteiger partial charge in [0.1, 0.15) is 5.75 Å². The van der Waals surface area contributed by atoms with Gasteiger partial charge in [-0.15, -0.1) is 10.2 Å². The molecular formula is C21H22N4O4S. The molecule has 0 saturated carbocycles. The van der Waals surface area contributed by atoms with Gasteiger partial charge >= 0.3 is 0 Å². The molecule has 1 heterocycles. The van der Waals surface area contributed by atoms with Crippen LogP contribution in [-0.4, -0.2) is 31.2 Å². The first-order valence-electron chi connectivity index (χ1n) is 9.44. The molecule has 0 aliphatic carbocycles. The Morgan fingerprint density at radius 3 is 2.63 bits per heavy atom. The van der Waals surface area contributed by atoms with Crippen LogP contribution in [0.3, 0.4) is 0 Å². The Bertz CT molecular complexity index is 1050. The summed E-state index contributed by atoms with van der Waals surface area (Å²) in [7, 11) is 1.82. The van der Waals surface area contributed by atoms with Crippen molar-refractivity contribution in [2.24, 2.45) is 7.05 Å². The van der Waals surface area contributed by atoms with Gasteiger partial charge in [0.25, 0.3) is 5.69 Å². The molecule has 3 aromatic rings. The average Bonchev–Trinajstić information content (AvgIpc) is 3.13. The summed E-state index contributed by atoms with van der Waals surface area (Å²) in [6.45, 7) is 3.99. The topological polar surface area (TPSA) is 100 Å². The van der Waals surface area contributed by atoms with Gasteiger partial charge in [-0.25, -0.2) is 0 Å². The molecule has 0 spiro atoms. The molecule has 0 fully saturated rings. The van der Waals surface area contributed by atoms with E-state index in [9.17, 15) is 14.9 Å². The highest BCUT2D eigenvalue weighted by atomic mass is 32.2. The van der Waals surface area contributed by atoms with Crippen LogP contribution >= 0.6 is 11.8 Å². The van der Waals surface area contributed by atoms with Crippen molar-refractivity contribution >= 4 is 23.2 Å². The number of Topliss-reactive ketones (excluding diaryl/α,β-unsaturated/α-hetero) is 1. The van der Waals surface area contributed by atoms with Crippen LogP contribution in [-0.2, 0) is 13.5 Å². The van der Waals surface area contributed by atoms with E-state index in [1.165, 1.54) is 35.5 Å². The number of aromatic nitrogens is 3. The largest absolute Gasteiger partial charge is 0.483 e. The molecule has 1 aromatic heterocycles. The van der Waals surface area contributed by atoms with Crippen LogP contribution in [0.5, 0.6) is 5.75 Å². The average molecular weight is 426 g/mol. The summed E-state index contributed by atoms with van der Waals surface area (Å²) in [6, 6.07) is 13.6. The van der Waals surface area contributed by atoms with Crippen molar-refractivity contribution in [2.45, 2.75) is 31.5 Å². The lowest BCUT2D eigenvalue weighted by atomic mass is 10.1. The molecule has 1 atom stereocenters. The normalized spacial score (nSPS) is 11.8. The van der Waals surface area contributed by atoms with Crippen molar-refractivity contribution in [1.29, 1.82) is 0 Å². The van der Waals surface area contributed by atoms with Gasteiger partial charge in [-0.3, -0.25) is 14.9 Å². The molecule has 0 bridgehead atoms. The maximum Gasteiger partial charge on any atom is 0.270 e. The van der Waals surface area contributed by atoms with Crippen LogP contribution in [0, 0.1) is 10.1 Å². The number of nitro groups is 1. The molecule has 0 N–H and O–H groups in total. The van der Waals surface area contributed by atoms with E-state index >= 15 is 0 Å². The Morgan fingerprint density at radius 2 is 1.97 bits per heavy atom. The predicted molar refractivity (Wildman–Crippen MR) is 114 cm³/mol. The molecule has 156 valence electrons. The van der Waals surface area contributed by atoms with E-state index < -0.39 is 4.92 Å². The third-order valence-corrected chi connectivity index (χ3v) is 5.61. The fourth-order valence-corrected chi connectivity index (χ4v) is 3.69. The van der Waals surface area contributed by atoms with E-state index in [-0.39, 0.29) is 23.3 Å². The fraction of sp³-hybridized carbons (Fsp3) is 0.286. The van der Waals surface area contributed by atoms with Crippen LogP contribution < -0.4 is 4.74 Å². The van der Waals surface area contributed by atoms with Crippen molar-refractivity contribution in [2.75, 3.05) is 5.75 Å². The summed E-state index contributed by atoms with van der Waals surface area (Å²) >= 11 is 1.23. The number of nitro benzene ring substituents is 1. The first-order valence-corrected chi connectivity index (χ1v) is 10.4. The number of hydrogen-bond donors (Lipinski definition) is 0. The maximum atomic E-state index is 12.4. The summed E-state index contributed by atoms with van der Waals surface area (Å²) in [5, 5.41) is 19.8. The zero-order valence-corrected chi connectivity index (χ0v) is 17.8. The van der Waals surface area contributed by atoms with Gasteiger partial charge in [-0.2, -0.15) is 0 Å². The van der Waals surface area contributed by atoms with Gasteiger partial charge in [0, 0.05) is 24.7 Å². The third-order valence-electron chi connectivity index (χ3n) is 4.59. The molecule has 0 amide bonds. The Balaban J connectivity index is 1.63. The van der Waals surface area contributed by atoms with E-state index in [1.807, 2.05) is 38.2 Å². The Kier molecular flexibility index (Phi) is 6.83. The quantitative estimate of drug-likeness (QED) is 0.216. The molecule has 0 saturated heterocycles. The van der Waals surface area contributed by atoms with Gasteiger partial charge in [0.15, 0.2) is 22.9 Å². The van der Waals surface area contributed by atoms with Gasteiger partial charge in [0.2, 0.25) is 0 Å². The van der Waals surface area contributed by atoms with Crippen LogP contribution in [0.4, 0.5) is 5.69 Å². The molecule has 2 aromatic carbocycles. The molecule has 0 radical (unpaired) electrons. The number of nitrogens with zero attached hydrogens (tertiary/aromatic N) is 4. The number of carbonyl (C=O) groups excluding carboxylic acids is 1. The number of ketones is 1. The van der Waals surface area contributed by atoms with Crippen LogP contribution in [0.15, 0.2) is 53.7 Å². The molecule has 0 aliphatic heterocycles. The smallest absolute Gasteiger partial charge is 0.270 e. The number of thioether (sulfide) groups is 1. The Labute approximate surface area is 178 Å². The summed E-state index contributed by atoms with van der Waals surface area (Å²) in [6.07, 6.45) is 0.645. The van der Waals surface area contributed by atoms with Crippen LogP contribution in [0.2, 0.25) is 0 Å². The molecular weight excluding hydrogens is 404 g/mol. The van der Waals surface area contributed by atoms with Gasteiger partial charge in [0.05, 0.1) is 10.7 Å². The van der Waals surface area contributed by atoms with Crippen molar-refractivity contribution in [3.63, 3.8) is 0 Å². The minimum Gasteiger partial charge on any atom is -0.483 e. The first kappa shape index (κ1) is 21.5. The minimum absolute atomic E-state index is 0.0981. The number of rotatable bonds is 9. The highest BCUT2D eigenvalue weighted by molar-refractivity contribution is 7.99. The van der Waals surface area contributed by atoms with E-state index in [0.29, 0.717) is 16.5 Å². The van der Waals surface area contributed by atoms with E-state index in [1.54, 1.807) is 10.6 Å². The van der Waals surface area contributed by atoms with Crippen molar-refractivity contribution in [3.05, 3.63) is 75.6 Å². The zero-order valence-electron chi connectivity index (χ0n) is 16.9. The zero-order chi connectivity index (χ0) is 21.7. The van der Waals surface area contributed by atoms with Crippen molar-refractivity contribution in [1.82, 2.24) is 14.8 Å². The van der Waals surface area contributed by atoms with E-state index in [2.05, 4.69) is 17.1 Å². The predicted octanol–water partition coefficient (Wildman–Crippen LogP) is 4.40. The monoisotopic (exact) mass is 426 g/mol. The Morgan fingerprint density at radius 1 is 1.23 bits per heavy atom. The number of hydrogen-bond acceptors (Lipinski definition) is 7. The maximum absolute atomic E-state index is 12.4. The third kappa shape index (κ3) is 5.04. The number of carbonyl (C=O) groups is 1. The highest BCUT2D eigenvalue weighted by Gasteiger charge is 2.19. The summed E-state index contributed by atoms with van der Waals surface area (Å²) in [5.41, 5.74) is 1.43. The number of aryl methyl sites for hydroxylation is 1. The molecule has 0 aliphatic rings. The summed E-state index contributed by atoms with van der Waals surface area (Å²) < 4.78 is 7.75. The second-order valence-electron chi connectivity index (χ2n) is 6.68. The van der Waals surface area contributed by atoms with Crippen molar-refractivity contribution in [3.8, 4) is 5.75 Å². The first-order chi connectivity index (χ1) is 14.4. The van der Waals surface area contributed by atoms with Crippen molar-refractivity contribution < 1.29 is 14.5 Å². The lowest BCUT2D eigenvalue weighted by Gasteiger charge is -2.14. The van der Waals surface area contributed by atoms with Crippen LogP contribution in [0.1, 0.15) is 41.7 Å². The molecule has 8 nitrogen and oxygen atoms in total. The molecule has 9 heteroatoms. The fourth-order valence-electron chi connectivity index (χ4n) is 2.87. The lowest BCUT2D eigenvalue weighted by Crippen LogP contribution is -2.10. The van der Waals surface area contributed by atoms with E-state index in [0.717, 1.165) is 12.2 Å². The van der Waals surface area contributed by atoms with Gasteiger partial charge in [-0.05, 0) is 31.0 Å². The SMILES string of the molecule is CCc1ccc(O[C@H](C)c2nnc(SCC(=O)c3cccc([N+](=O)[O-])c3)n2C)cc1. The Hall–Kier alpha value is -3.20. The standard InChI is InChI=1S/C21H22N4O4S/c1-4-15-8-10-18(11-9-15)29-14(2)20-22-23-21(24(20)3)30-13-19(26)16-6-5-7-17(12-16)25(27)28/h5-12,14H,4,13H2,1-3H3/t14-/m1/s1. The number of ether oxygens (including phenoxy) is 1. The molecule has 0 unspecified atom stereocenters. The van der Waals surface area contributed by atoms with Gasteiger partial charge in [-0.1, -0.05) is 43.0 Å². The molecule has 3 rings (SSSR count). The summed E-state index contributed by atoms with van der Waals surface area (Å²) in [5.74, 6) is 1.27. The van der Waals surface area contributed by atoms with E-state index in [4.69, 9.17) is 4.74 Å². The number of benzene rings is 2. The van der Waals surface area contributed by atoms with Crippen LogP contribution in [0.25, 0.3) is 0 Å². The molecule has 30 heavy (non-hydrogen) atoms. The minimum atomic E-state index is -0.518. The highest BCUT2D eigenvalue weighted by Crippen LogP contribution is 2.25. The van der Waals surface area contributed by atoms with Gasteiger partial charge < -0.3 is 9.30 Å². The second kappa shape index (κ2) is 9.53.